The first-order valence-corrected chi connectivity index (χ1v) is 14.3. The number of amides is 1. The molecule has 1 aliphatic heterocycles. The second-order valence-corrected chi connectivity index (χ2v) is 11.2. The first-order valence-electron chi connectivity index (χ1n) is 13.9. The normalized spacial score (nSPS) is 17.0. The van der Waals surface area contributed by atoms with Crippen molar-refractivity contribution in [3.63, 3.8) is 0 Å². The van der Waals surface area contributed by atoms with Crippen molar-refractivity contribution in [3.05, 3.63) is 112 Å². The average Bonchev–Trinajstić information content (AvgIpc) is 3.51. The van der Waals surface area contributed by atoms with Crippen LogP contribution in [0.3, 0.4) is 0 Å². The molecule has 1 amide bonds. The molecule has 0 spiro atoms. The number of nitrogens with one attached hydrogen (secondary N) is 1. The van der Waals surface area contributed by atoms with Gasteiger partial charge in [-0.25, -0.2) is 18.4 Å². The minimum Gasteiger partial charge on any atom is -0.383 e. The van der Waals surface area contributed by atoms with Gasteiger partial charge in [-0.1, -0.05) is 36.7 Å². The lowest BCUT2D eigenvalue weighted by Gasteiger charge is -2.43. The summed E-state index contributed by atoms with van der Waals surface area (Å²) in [7, 11) is 0. The van der Waals surface area contributed by atoms with Crippen LogP contribution in [0.4, 0.5) is 27.6 Å². The zero-order chi connectivity index (χ0) is 32.4. The molecule has 238 valence electrons. The molecule has 1 fully saturated rings. The molecule has 1 aromatic heterocycles. The minimum absolute atomic E-state index is 0.00248. The lowest BCUT2D eigenvalue weighted by Crippen LogP contribution is -2.46. The smallest absolute Gasteiger partial charge is 0.383 e. The Kier molecular flexibility index (Phi) is 9.26. The monoisotopic (exact) mass is 650 g/mol. The van der Waals surface area contributed by atoms with Crippen LogP contribution < -0.4 is 5.32 Å². The Morgan fingerprint density at radius 2 is 1.80 bits per heavy atom. The van der Waals surface area contributed by atoms with Gasteiger partial charge in [0.25, 0.3) is 5.91 Å². The molecule has 0 aliphatic carbocycles. The van der Waals surface area contributed by atoms with Crippen molar-refractivity contribution in [3.8, 4) is 0 Å². The standard InChI is InChI=1S/C31H28ClF5N4O4/c1-19(29(43,16-41-18-38-17-39-41)24-9-8-23(33)14-26(24)34)15-30(44-11-2-12-45-30)21-5-3-20(4-6-21)28(42)40-27-10-7-22(13-25(27)32)31(35,36)37/h3-10,13-14,17-19,43H,2,11-12,15-16H2,1H3,(H,40,42). The molecule has 1 saturated heterocycles. The summed E-state index contributed by atoms with van der Waals surface area (Å²) in [6.07, 6.45) is -1.34. The molecule has 4 aromatic rings. The van der Waals surface area contributed by atoms with Gasteiger partial charge in [-0.2, -0.15) is 18.3 Å². The second kappa shape index (κ2) is 12.8. The fraction of sp³-hybridized carbons (Fsp3) is 0.323. The molecule has 2 unspecified atom stereocenters. The van der Waals surface area contributed by atoms with Gasteiger partial charge >= 0.3 is 6.18 Å². The highest BCUT2D eigenvalue weighted by Crippen LogP contribution is 2.44. The van der Waals surface area contributed by atoms with E-state index in [1.165, 1.54) is 35.5 Å². The maximum atomic E-state index is 15.1. The van der Waals surface area contributed by atoms with Gasteiger partial charge in [0.05, 0.1) is 36.0 Å². The Hall–Kier alpha value is -3.91. The molecule has 2 N–H and O–H groups in total. The number of halogens is 6. The Morgan fingerprint density at radius 1 is 1.09 bits per heavy atom. The number of hydrogen-bond donors (Lipinski definition) is 2. The van der Waals surface area contributed by atoms with E-state index in [-0.39, 0.29) is 34.8 Å². The number of benzene rings is 3. The molecule has 5 rings (SSSR count). The average molecular weight is 651 g/mol. The van der Waals surface area contributed by atoms with Crippen molar-refractivity contribution in [1.29, 1.82) is 0 Å². The number of carbonyl (C=O) groups excluding carboxylic acids is 1. The van der Waals surface area contributed by atoms with E-state index in [9.17, 15) is 27.5 Å². The van der Waals surface area contributed by atoms with Gasteiger partial charge in [0.15, 0.2) is 5.79 Å². The van der Waals surface area contributed by atoms with Crippen LogP contribution in [0.1, 0.15) is 46.8 Å². The number of carbonyl (C=O) groups is 1. The summed E-state index contributed by atoms with van der Waals surface area (Å²) in [5, 5.41) is 18.3. The predicted molar refractivity (Wildman–Crippen MR) is 153 cm³/mol. The van der Waals surface area contributed by atoms with E-state index < -0.39 is 46.6 Å². The highest BCUT2D eigenvalue weighted by molar-refractivity contribution is 6.34. The molecule has 45 heavy (non-hydrogen) atoms. The molecular formula is C31H28ClF5N4O4. The van der Waals surface area contributed by atoms with Crippen LogP contribution in [-0.4, -0.2) is 39.0 Å². The maximum absolute atomic E-state index is 15.1. The van der Waals surface area contributed by atoms with Crippen LogP contribution in [0.2, 0.25) is 5.02 Å². The first-order chi connectivity index (χ1) is 21.3. The zero-order valence-electron chi connectivity index (χ0n) is 23.8. The van der Waals surface area contributed by atoms with Gasteiger partial charge in [-0.15, -0.1) is 0 Å². The second-order valence-electron chi connectivity index (χ2n) is 10.8. The number of anilines is 1. The van der Waals surface area contributed by atoms with Crippen molar-refractivity contribution >= 4 is 23.2 Å². The van der Waals surface area contributed by atoms with Gasteiger partial charge in [-0.05, 0) is 48.7 Å². The summed E-state index contributed by atoms with van der Waals surface area (Å²) in [6, 6.07) is 11.7. The Bertz CT molecular complexity index is 1650. The lowest BCUT2D eigenvalue weighted by molar-refractivity contribution is -0.291. The quantitative estimate of drug-likeness (QED) is 0.196. The molecule has 2 heterocycles. The van der Waals surface area contributed by atoms with Crippen LogP contribution in [-0.2, 0) is 33.6 Å². The van der Waals surface area contributed by atoms with Gasteiger partial charge in [0.2, 0.25) is 0 Å². The van der Waals surface area contributed by atoms with E-state index >= 15 is 4.39 Å². The van der Waals surface area contributed by atoms with E-state index in [4.69, 9.17) is 21.1 Å². The Labute approximate surface area is 259 Å². The summed E-state index contributed by atoms with van der Waals surface area (Å²) in [6.45, 7) is 2.10. The summed E-state index contributed by atoms with van der Waals surface area (Å²) in [5.41, 5.74) is -2.33. The molecule has 8 nitrogen and oxygen atoms in total. The van der Waals surface area contributed by atoms with E-state index in [1.54, 1.807) is 19.1 Å². The van der Waals surface area contributed by atoms with Crippen LogP contribution in [0.15, 0.2) is 73.3 Å². The van der Waals surface area contributed by atoms with Crippen molar-refractivity contribution in [1.82, 2.24) is 14.8 Å². The lowest BCUT2D eigenvalue weighted by atomic mass is 9.77. The highest BCUT2D eigenvalue weighted by atomic mass is 35.5. The number of aliphatic hydroxyl groups is 1. The summed E-state index contributed by atoms with van der Waals surface area (Å²) < 4.78 is 81.5. The number of aromatic nitrogens is 3. The van der Waals surface area contributed by atoms with Gasteiger partial charge in [-0.3, -0.25) is 4.79 Å². The highest BCUT2D eigenvalue weighted by Gasteiger charge is 2.46. The minimum atomic E-state index is -4.59. The number of nitrogens with zero attached hydrogens (tertiary/aromatic N) is 3. The largest absolute Gasteiger partial charge is 0.416 e. The Morgan fingerprint density at radius 3 is 2.40 bits per heavy atom. The van der Waals surface area contributed by atoms with Crippen molar-refractivity contribution in [2.24, 2.45) is 5.92 Å². The number of ether oxygens (including phenoxy) is 2. The third-order valence-corrected chi connectivity index (χ3v) is 8.06. The molecular weight excluding hydrogens is 623 g/mol. The summed E-state index contributed by atoms with van der Waals surface area (Å²) in [4.78, 5) is 16.8. The molecule has 2 atom stereocenters. The molecule has 0 bridgehead atoms. The molecule has 0 saturated carbocycles. The van der Waals surface area contributed by atoms with Crippen molar-refractivity contribution in [2.45, 2.75) is 43.9 Å². The van der Waals surface area contributed by atoms with E-state index in [0.29, 0.717) is 31.3 Å². The fourth-order valence-corrected chi connectivity index (χ4v) is 5.55. The zero-order valence-corrected chi connectivity index (χ0v) is 24.6. The van der Waals surface area contributed by atoms with Gasteiger partial charge < -0.3 is 19.9 Å². The summed E-state index contributed by atoms with van der Waals surface area (Å²) in [5.74, 6) is -4.54. The molecule has 1 aliphatic rings. The van der Waals surface area contributed by atoms with E-state index in [2.05, 4.69) is 15.4 Å². The van der Waals surface area contributed by atoms with Crippen LogP contribution in [0.5, 0.6) is 0 Å². The van der Waals surface area contributed by atoms with Crippen molar-refractivity contribution < 1.29 is 41.3 Å². The number of hydrogen-bond acceptors (Lipinski definition) is 6. The van der Waals surface area contributed by atoms with Crippen molar-refractivity contribution in [2.75, 3.05) is 18.5 Å². The van der Waals surface area contributed by atoms with E-state index in [0.717, 1.165) is 24.3 Å². The van der Waals surface area contributed by atoms with Gasteiger partial charge in [0.1, 0.15) is 29.9 Å². The fourth-order valence-electron chi connectivity index (χ4n) is 5.32. The Balaban J connectivity index is 1.41. The third kappa shape index (κ3) is 7.01. The topological polar surface area (TPSA) is 98.5 Å². The predicted octanol–water partition coefficient (Wildman–Crippen LogP) is 6.68. The SMILES string of the molecule is CC(CC1(c2ccc(C(=O)Nc3ccc(C(F)(F)F)cc3Cl)cc2)OCCCO1)C(O)(Cn1cncn1)c1ccc(F)cc1F. The van der Waals surface area contributed by atoms with Crippen LogP contribution >= 0.6 is 11.6 Å². The molecule has 14 heteroatoms. The maximum Gasteiger partial charge on any atom is 0.416 e. The first kappa shape index (κ1) is 32.5. The molecule has 3 aromatic carbocycles. The van der Waals surface area contributed by atoms with Crippen LogP contribution in [0.25, 0.3) is 0 Å². The van der Waals surface area contributed by atoms with E-state index in [1.807, 2.05) is 0 Å². The van der Waals surface area contributed by atoms with Crippen LogP contribution in [0, 0.1) is 17.6 Å². The third-order valence-electron chi connectivity index (χ3n) is 7.75. The van der Waals surface area contributed by atoms with Gasteiger partial charge in [0, 0.05) is 29.2 Å². The molecule has 0 radical (unpaired) electrons. The number of rotatable bonds is 9. The number of alkyl halides is 3. The summed E-state index contributed by atoms with van der Waals surface area (Å²) >= 11 is 5.98.